The van der Waals surface area contributed by atoms with Gasteiger partial charge in [-0.25, -0.2) is 4.84 Å². The van der Waals surface area contributed by atoms with E-state index in [2.05, 4.69) is 49.5 Å². The number of hydrogen-bond acceptors (Lipinski definition) is 8. The van der Waals surface area contributed by atoms with Gasteiger partial charge in [-0.3, -0.25) is 9.59 Å². The fourth-order valence-corrected chi connectivity index (χ4v) is 6.72. The number of carbonyl (C=O) groups is 2. The first-order valence-electron chi connectivity index (χ1n) is 14.3. The van der Waals surface area contributed by atoms with Crippen LogP contribution in [0.2, 0.25) is 0 Å². The van der Waals surface area contributed by atoms with E-state index >= 15 is 0 Å². The number of nitrogens with zero attached hydrogens (tertiary/aromatic N) is 2. The second-order valence-corrected chi connectivity index (χ2v) is 14.3. The maximum absolute atomic E-state index is 11.4. The van der Waals surface area contributed by atoms with Crippen molar-refractivity contribution < 1.29 is 34.0 Å². The van der Waals surface area contributed by atoms with Crippen LogP contribution >= 0.6 is 21.6 Å². The molecular weight excluding hydrogens is 589 g/mol. The van der Waals surface area contributed by atoms with Crippen LogP contribution in [-0.2, 0) is 14.4 Å². The molecule has 14 heteroatoms. The minimum absolute atomic E-state index is 0.104. The summed E-state index contributed by atoms with van der Waals surface area (Å²) in [5.41, 5.74) is 6.00. The van der Waals surface area contributed by atoms with Gasteiger partial charge in [0.05, 0.1) is 91.8 Å². The second kappa shape index (κ2) is 18.0. The maximum atomic E-state index is 11.4. The Labute approximate surface area is 263 Å². The number of amides is 2. The molecule has 0 saturated heterocycles. The fraction of sp³-hybridized carbons (Fsp3) is 0.517. The summed E-state index contributed by atoms with van der Waals surface area (Å²) in [5.74, 6) is 1.84. The van der Waals surface area contributed by atoms with Gasteiger partial charge in [-0.2, -0.15) is 5.48 Å². The Balaban J connectivity index is 1.66. The van der Waals surface area contributed by atoms with E-state index in [0.717, 1.165) is 82.5 Å². The summed E-state index contributed by atoms with van der Waals surface area (Å²) >= 11 is 0. The van der Waals surface area contributed by atoms with Gasteiger partial charge in [0.2, 0.25) is 11.8 Å². The first-order chi connectivity index (χ1) is 20.3. The van der Waals surface area contributed by atoms with Crippen molar-refractivity contribution in [3.63, 3.8) is 0 Å². The van der Waals surface area contributed by atoms with Crippen molar-refractivity contribution in [3.05, 3.63) is 41.3 Å². The molecule has 0 spiro atoms. The van der Waals surface area contributed by atoms with Crippen LogP contribution in [0.4, 0.5) is 34.1 Å². The summed E-state index contributed by atoms with van der Waals surface area (Å²) in [6.45, 7) is 8.46. The summed E-state index contributed by atoms with van der Waals surface area (Å²) in [5, 5.41) is 14.3. The number of nitrogens with one attached hydrogen (secondary N) is 5. The van der Waals surface area contributed by atoms with Crippen LogP contribution in [-0.4, -0.2) is 107 Å². The van der Waals surface area contributed by atoms with Crippen molar-refractivity contribution in [2.24, 2.45) is 0 Å². The first kappa shape index (κ1) is 36.3. The molecule has 0 heterocycles. The molecule has 2 aromatic carbocycles. The van der Waals surface area contributed by atoms with Gasteiger partial charge in [0.15, 0.2) is 5.69 Å². The number of carbonyl (C=O) groups excluding carboxylic acids is 2. The van der Waals surface area contributed by atoms with Gasteiger partial charge >= 0.3 is 0 Å². The number of rotatable bonds is 20. The van der Waals surface area contributed by atoms with Crippen LogP contribution in [0.3, 0.4) is 0 Å². The third-order valence-corrected chi connectivity index (χ3v) is 9.14. The lowest BCUT2D eigenvalue weighted by atomic mass is 10.2. The Kier molecular flexibility index (Phi) is 15.2. The lowest BCUT2D eigenvalue weighted by Gasteiger charge is -2.30. The number of hydrogen-bond donors (Lipinski definition) is 6. The molecule has 0 aliphatic rings. The molecule has 2 aromatic rings. The molecule has 0 aliphatic carbocycles. The van der Waals surface area contributed by atoms with Crippen LogP contribution in [0.1, 0.15) is 13.8 Å². The number of likely N-dealkylation sites (N-methyl/N-ethyl adjacent to an activating group) is 2. The van der Waals surface area contributed by atoms with Gasteiger partial charge < -0.3 is 30.2 Å². The number of nitroso groups, excluding NO2 is 1. The molecule has 7 N–H and O–H groups in total. The molecule has 0 bridgehead atoms. The molecule has 43 heavy (non-hydrogen) atoms. The zero-order valence-corrected chi connectivity index (χ0v) is 28.2. The quantitative estimate of drug-likeness (QED) is 0.0425. The van der Waals surface area contributed by atoms with Gasteiger partial charge in [-0.1, -0.05) is 21.6 Å². The summed E-state index contributed by atoms with van der Waals surface area (Å²) in [4.78, 5) is 39.3. The Bertz CT molecular complexity index is 1210. The largest absolute Gasteiger partial charge is 0.374 e. The highest BCUT2D eigenvalue weighted by atomic mass is 33.1. The molecule has 2 rings (SSSR count). The summed E-state index contributed by atoms with van der Waals surface area (Å²) in [6, 6.07) is 11.0. The summed E-state index contributed by atoms with van der Waals surface area (Å²) < 4.78 is 1.78. The van der Waals surface area contributed by atoms with Gasteiger partial charge in [0.1, 0.15) is 5.69 Å². The van der Waals surface area contributed by atoms with Crippen LogP contribution in [0.25, 0.3) is 0 Å². The average Bonchev–Trinajstić information content (AvgIpc) is 2.92. The molecule has 0 radical (unpaired) electrons. The van der Waals surface area contributed by atoms with Gasteiger partial charge in [0.25, 0.3) is 5.69 Å². The summed E-state index contributed by atoms with van der Waals surface area (Å²) in [7, 11) is 14.4. The fourth-order valence-electron chi connectivity index (χ4n) is 4.19. The number of quaternary nitrogens is 3. The van der Waals surface area contributed by atoms with Crippen molar-refractivity contribution in [1.82, 2.24) is 0 Å². The van der Waals surface area contributed by atoms with E-state index in [0.29, 0.717) is 11.4 Å². The molecule has 0 unspecified atom stereocenters. The smallest absolute Gasteiger partial charge is 0.278 e. The monoisotopic (exact) mass is 638 g/mol. The average molecular weight is 639 g/mol. The molecule has 12 nitrogen and oxygen atoms in total. The van der Waals surface area contributed by atoms with Crippen LogP contribution in [0.15, 0.2) is 36.4 Å². The van der Waals surface area contributed by atoms with Gasteiger partial charge in [-0.15, -0.1) is 0 Å². The highest BCUT2D eigenvalue weighted by Crippen LogP contribution is 2.24. The van der Waals surface area contributed by atoms with E-state index in [-0.39, 0.29) is 11.8 Å². The molecule has 0 atom stereocenters. The molecular formula is C29H50N8O4S2+4. The van der Waals surface area contributed by atoms with Crippen molar-refractivity contribution in [2.75, 3.05) is 107 Å². The van der Waals surface area contributed by atoms with Crippen LogP contribution < -0.4 is 31.9 Å². The van der Waals surface area contributed by atoms with E-state index in [9.17, 15) is 14.5 Å². The van der Waals surface area contributed by atoms with E-state index < -0.39 is 0 Å². The summed E-state index contributed by atoms with van der Waals surface area (Å²) in [6.07, 6.45) is 0. The predicted molar refractivity (Wildman–Crippen MR) is 180 cm³/mol. The zero-order valence-electron chi connectivity index (χ0n) is 26.5. The maximum Gasteiger partial charge on any atom is 0.278 e. The van der Waals surface area contributed by atoms with E-state index in [1.54, 1.807) is 30.8 Å². The van der Waals surface area contributed by atoms with Crippen LogP contribution in [0, 0.1) is 4.91 Å². The van der Waals surface area contributed by atoms with Gasteiger partial charge in [-0.05, 0) is 24.3 Å². The van der Waals surface area contributed by atoms with E-state index in [1.807, 2.05) is 45.0 Å². The SMILES string of the molecule is CO[NH2+]c1cc(NC(C)=O)ccc1NCC[N+](C)(C)CCSSCC[N+](C)(C)CCNc1ccc(NC(C)=O)cc1[NH+]=O. The number of nitrogens with two attached hydrogens (primary N) is 1. The van der Waals surface area contributed by atoms with Crippen molar-refractivity contribution in [1.29, 1.82) is 0 Å². The standard InChI is InChI=1S/C29H46N8O4S2/c1-22(38)32-24-8-10-26(28(20-24)34-40)30-12-14-36(3,4)16-18-42-43-19-17-37(5,6)15-13-31-27-11-9-25(33-23(2)39)21-29(27)35-41-7/h8-11,20-21H,12-19H2,1-7H3,(H3-2,30,31,32,33,34,35,38,39,40)/p+4. The van der Waals surface area contributed by atoms with Crippen molar-refractivity contribution in [2.45, 2.75) is 13.8 Å². The Morgan fingerprint density at radius 3 is 1.77 bits per heavy atom. The second-order valence-electron chi connectivity index (χ2n) is 11.6. The van der Waals surface area contributed by atoms with E-state index in [1.165, 1.54) is 13.8 Å². The van der Waals surface area contributed by atoms with Gasteiger partial charge in [0, 0.05) is 47.4 Å². The molecule has 0 saturated carbocycles. The molecule has 0 fully saturated rings. The predicted octanol–water partition coefficient (Wildman–Crippen LogP) is 1.90. The zero-order chi connectivity index (χ0) is 31.9. The lowest BCUT2D eigenvalue weighted by molar-refractivity contribution is -0.886. The Morgan fingerprint density at radius 1 is 0.791 bits per heavy atom. The lowest BCUT2D eigenvalue weighted by Crippen LogP contribution is -2.76. The third kappa shape index (κ3) is 14.4. The highest BCUT2D eigenvalue weighted by molar-refractivity contribution is 8.76. The number of anilines is 4. The Hall–Kier alpha value is -2.88. The number of benzene rings is 2. The first-order valence-corrected chi connectivity index (χ1v) is 16.8. The molecule has 0 aromatic heterocycles. The van der Waals surface area contributed by atoms with Crippen molar-refractivity contribution in [3.8, 4) is 0 Å². The van der Waals surface area contributed by atoms with Crippen LogP contribution in [0.5, 0.6) is 0 Å². The topological polar surface area (TPSA) is 139 Å². The molecule has 2 amide bonds. The highest BCUT2D eigenvalue weighted by Gasteiger charge is 2.18. The third-order valence-electron chi connectivity index (χ3n) is 6.78. The van der Waals surface area contributed by atoms with E-state index in [4.69, 9.17) is 4.84 Å². The minimum Gasteiger partial charge on any atom is -0.374 e. The minimum atomic E-state index is -0.177. The Morgan fingerprint density at radius 2 is 1.28 bits per heavy atom. The molecule has 0 aliphatic heterocycles. The molecule has 238 valence electrons. The van der Waals surface area contributed by atoms with Crippen molar-refractivity contribution >= 4 is 67.5 Å². The normalized spacial score (nSPS) is 11.6.